The first-order chi connectivity index (χ1) is 12.5. The number of benzene rings is 1. The van der Waals surface area contributed by atoms with Crippen molar-refractivity contribution in [1.82, 2.24) is 10.2 Å². The first kappa shape index (κ1) is 18.9. The molecule has 1 aromatic heterocycles. The number of hydrogen-bond acceptors (Lipinski definition) is 4. The van der Waals surface area contributed by atoms with Gasteiger partial charge in [0.15, 0.2) is 0 Å². The number of nitrogens with zero attached hydrogens (tertiary/aromatic N) is 2. The third-order valence-corrected chi connectivity index (χ3v) is 6.09. The summed E-state index contributed by atoms with van der Waals surface area (Å²) in [6.45, 7) is 2.67. The molecule has 1 N–H and O–H groups in total. The molecule has 1 fully saturated rings. The number of likely N-dealkylation sites (N-methyl/N-ethyl adjacent to an activating group) is 1. The van der Waals surface area contributed by atoms with E-state index in [4.69, 9.17) is 0 Å². The van der Waals surface area contributed by atoms with Crippen LogP contribution < -0.4 is 10.2 Å². The largest absolute Gasteiger partial charge is 0.371 e. The molecule has 0 bridgehead atoms. The summed E-state index contributed by atoms with van der Waals surface area (Å²) in [7, 11) is 1.77. The highest BCUT2D eigenvalue weighted by molar-refractivity contribution is 9.11. The van der Waals surface area contributed by atoms with Gasteiger partial charge in [-0.05, 0) is 52.5 Å². The van der Waals surface area contributed by atoms with E-state index in [1.54, 1.807) is 18.0 Å². The maximum Gasteiger partial charge on any atom is 0.261 e. The molecular weight excluding hydrogens is 414 g/mol. The van der Waals surface area contributed by atoms with Crippen LogP contribution in [0, 0.1) is 0 Å². The van der Waals surface area contributed by atoms with Gasteiger partial charge in [0.05, 0.1) is 15.2 Å². The fourth-order valence-electron chi connectivity index (χ4n) is 3.07. The molecule has 1 saturated heterocycles. The smallest absolute Gasteiger partial charge is 0.261 e. The van der Waals surface area contributed by atoms with Crippen molar-refractivity contribution in [2.24, 2.45) is 0 Å². The van der Waals surface area contributed by atoms with Gasteiger partial charge in [0.1, 0.15) is 0 Å². The molecule has 0 saturated carbocycles. The minimum atomic E-state index is -0.222. The average Bonchev–Trinajstić information content (AvgIpc) is 3.31. The first-order valence-corrected chi connectivity index (χ1v) is 10.3. The molecule has 138 valence electrons. The quantitative estimate of drug-likeness (QED) is 0.755. The van der Waals surface area contributed by atoms with Gasteiger partial charge in [-0.15, -0.1) is 11.3 Å². The Balaban J connectivity index is 1.57. The van der Waals surface area contributed by atoms with Crippen molar-refractivity contribution < 1.29 is 9.59 Å². The molecule has 0 aliphatic carbocycles. The van der Waals surface area contributed by atoms with Gasteiger partial charge in [-0.3, -0.25) is 9.59 Å². The summed E-state index contributed by atoms with van der Waals surface area (Å²) in [5, 5.41) is 2.70. The number of carbonyl (C=O) groups excluding carboxylic acids is 2. The lowest BCUT2D eigenvalue weighted by Gasteiger charge is -2.24. The van der Waals surface area contributed by atoms with Crippen LogP contribution >= 0.6 is 27.3 Å². The summed E-state index contributed by atoms with van der Waals surface area (Å²) in [6.07, 6.45) is 2.43. The summed E-state index contributed by atoms with van der Waals surface area (Å²) in [5.74, 6) is -0.329. The molecule has 0 unspecified atom stereocenters. The molecule has 0 spiro atoms. The Morgan fingerprint density at radius 2 is 1.92 bits per heavy atom. The van der Waals surface area contributed by atoms with Crippen LogP contribution in [0.4, 0.5) is 5.69 Å². The van der Waals surface area contributed by atoms with Crippen LogP contribution in [0.3, 0.4) is 0 Å². The van der Waals surface area contributed by atoms with E-state index >= 15 is 0 Å². The third-order valence-electron chi connectivity index (χ3n) is 4.47. The molecule has 5 nitrogen and oxygen atoms in total. The van der Waals surface area contributed by atoms with Crippen LogP contribution in [0.5, 0.6) is 0 Å². The molecule has 0 radical (unpaired) electrons. The van der Waals surface area contributed by atoms with E-state index in [0.717, 1.165) is 22.4 Å². The van der Waals surface area contributed by atoms with Gasteiger partial charge < -0.3 is 15.1 Å². The van der Waals surface area contributed by atoms with Crippen molar-refractivity contribution in [2.75, 3.05) is 31.6 Å². The highest BCUT2D eigenvalue weighted by Gasteiger charge is 2.18. The van der Waals surface area contributed by atoms with Crippen molar-refractivity contribution in [1.29, 1.82) is 0 Å². The normalized spacial score (nSPS) is 13.7. The Labute approximate surface area is 166 Å². The first-order valence-electron chi connectivity index (χ1n) is 8.65. The zero-order valence-corrected chi connectivity index (χ0v) is 17.1. The zero-order chi connectivity index (χ0) is 18.5. The number of halogens is 1. The molecule has 2 heterocycles. The number of anilines is 1. The molecule has 1 aromatic carbocycles. The predicted octanol–water partition coefficient (Wildman–Crippen LogP) is 3.50. The minimum absolute atomic E-state index is 0.00324. The molecule has 1 aliphatic heterocycles. The van der Waals surface area contributed by atoms with Crippen LogP contribution in [0.2, 0.25) is 0 Å². The van der Waals surface area contributed by atoms with Crippen LogP contribution in [-0.4, -0.2) is 43.4 Å². The van der Waals surface area contributed by atoms with Crippen LogP contribution in [-0.2, 0) is 11.3 Å². The van der Waals surface area contributed by atoms with E-state index in [0.29, 0.717) is 11.4 Å². The lowest BCUT2D eigenvalue weighted by Crippen LogP contribution is -2.37. The highest BCUT2D eigenvalue weighted by atomic mass is 79.9. The summed E-state index contributed by atoms with van der Waals surface area (Å²) >= 11 is 4.68. The van der Waals surface area contributed by atoms with E-state index in [9.17, 15) is 9.59 Å². The van der Waals surface area contributed by atoms with Crippen LogP contribution in [0.25, 0.3) is 0 Å². The van der Waals surface area contributed by atoms with E-state index in [1.165, 1.54) is 29.9 Å². The molecule has 26 heavy (non-hydrogen) atoms. The van der Waals surface area contributed by atoms with Gasteiger partial charge in [0, 0.05) is 32.4 Å². The molecular formula is C19H22BrN3O2S. The fourth-order valence-corrected chi connectivity index (χ4v) is 4.37. The standard InChI is InChI=1S/C19H22BrN3O2S/c1-22(18(24)12-21-19(25)16-8-9-17(20)26-16)13-14-6-2-3-7-15(14)23-10-4-5-11-23/h2-3,6-9H,4-5,10-13H2,1H3,(H,21,25). The van der Waals surface area contributed by atoms with E-state index < -0.39 is 0 Å². The fraction of sp³-hybridized carbons (Fsp3) is 0.368. The summed E-state index contributed by atoms with van der Waals surface area (Å²) in [6, 6.07) is 11.8. The number of hydrogen-bond donors (Lipinski definition) is 1. The number of amides is 2. The summed E-state index contributed by atoms with van der Waals surface area (Å²) in [4.78, 5) is 29.1. The Morgan fingerprint density at radius 3 is 2.62 bits per heavy atom. The lowest BCUT2D eigenvalue weighted by atomic mass is 10.1. The second kappa shape index (κ2) is 8.68. The number of para-hydroxylation sites is 1. The summed E-state index contributed by atoms with van der Waals surface area (Å²) in [5.41, 5.74) is 2.34. The molecule has 7 heteroatoms. The maximum atomic E-state index is 12.4. The SMILES string of the molecule is CN(Cc1ccccc1N1CCCC1)C(=O)CNC(=O)c1ccc(Br)s1. The van der Waals surface area contributed by atoms with E-state index in [1.807, 2.05) is 18.2 Å². The minimum Gasteiger partial charge on any atom is -0.371 e. The molecule has 2 aromatic rings. The van der Waals surface area contributed by atoms with Crippen molar-refractivity contribution in [3.05, 3.63) is 50.6 Å². The van der Waals surface area contributed by atoms with Gasteiger partial charge in [0.2, 0.25) is 5.91 Å². The number of carbonyl (C=O) groups is 2. The lowest BCUT2D eigenvalue weighted by molar-refractivity contribution is -0.129. The van der Waals surface area contributed by atoms with Gasteiger partial charge in [-0.1, -0.05) is 18.2 Å². The van der Waals surface area contributed by atoms with Gasteiger partial charge in [0.25, 0.3) is 5.91 Å². The second-order valence-electron chi connectivity index (χ2n) is 6.36. The zero-order valence-electron chi connectivity index (χ0n) is 14.7. The maximum absolute atomic E-state index is 12.4. The Bertz CT molecular complexity index is 787. The average molecular weight is 436 g/mol. The van der Waals surface area contributed by atoms with Gasteiger partial charge >= 0.3 is 0 Å². The molecule has 0 atom stereocenters. The highest BCUT2D eigenvalue weighted by Crippen LogP contribution is 2.25. The Kier molecular flexibility index (Phi) is 6.32. The van der Waals surface area contributed by atoms with Crippen molar-refractivity contribution in [3.8, 4) is 0 Å². The predicted molar refractivity (Wildman–Crippen MR) is 109 cm³/mol. The number of thiophene rings is 1. The van der Waals surface area contributed by atoms with Crippen molar-refractivity contribution >= 4 is 44.8 Å². The van der Waals surface area contributed by atoms with Gasteiger partial charge in [-0.25, -0.2) is 0 Å². The molecule has 2 amide bonds. The Hall–Kier alpha value is -1.86. The van der Waals surface area contributed by atoms with E-state index in [-0.39, 0.29) is 18.4 Å². The van der Waals surface area contributed by atoms with Gasteiger partial charge in [-0.2, -0.15) is 0 Å². The van der Waals surface area contributed by atoms with Crippen LogP contribution in [0.1, 0.15) is 28.1 Å². The molecule has 1 aliphatic rings. The van der Waals surface area contributed by atoms with Crippen molar-refractivity contribution in [2.45, 2.75) is 19.4 Å². The number of nitrogens with one attached hydrogen (secondary N) is 1. The van der Waals surface area contributed by atoms with Crippen LogP contribution in [0.15, 0.2) is 40.2 Å². The van der Waals surface area contributed by atoms with Crippen molar-refractivity contribution in [3.63, 3.8) is 0 Å². The Morgan fingerprint density at radius 1 is 1.19 bits per heavy atom. The second-order valence-corrected chi connectivity index (χ2v) is 8.82. The number of rotatable bonds is 6. The molecule has 3 rings (SSSR count). The third kappa shape index (κ3) is 4.65. The monoisotopic (exact) mass is 435 g/mol. The van der Waals surface area contributed by atoms with E-state index in [2.05, 4.69) is 38.3 Å². The topological polar surface area (TPSA) is 52.6 Å². The summed E-state index contributed by atoms with van der Waals surface area (Å²) < 4.78 is 0.893.